The van der Waals surface area contributed by atoms with Crippen LogP contribution in [0, 0.1) is 0 Å². The number of nitrogens with zero attached hydrogens (tertiary/aromatic N) is 4. The first kappa shape index (κ1) is 26.2. The van der Waals surface area contributed by atoms with Crippen LogP contribution in [0.3, 0.4) is 0 Å². The van der Waals surface area contributed by atoms with Gasteiger partial charge in [-0.25, -0.2) is 0 Å². The van der Waals surface area contributed by atoms with E-state index < -0.39 is 11.8 Å². The van der Waals surface area contributed by atoms with Crippen molar-refractivity contribution in [2.24, 2.45) is 0 Å². The number of likely N-dealkylation sites (tertiary alicyclic amines) is 1. The highest BCUT2D eigenvalue weighted by Crippen LogP contribution is 2.39. The number of hydrogen-bond donors (Lipinski definition) is 0. The standard InChI is InChI=1S/C28H31ClN4O5/c1-20(34)30-15-17-32(18-16-30)27(37)24-19-38-28(33(24)25(35)21-7-3-2-4-8-21)11-13-31(14-12-28)26(36)22-9-5-6-10-23(22)29/h2-10,24H,11-19H2,1H3/t24-/m1/s1. The molecule has 0 unspecified atom stereocenters. The van der Waals surface area contributed by atoms with Crippen molar-refractivity contribution in [3.8, 4) is 0 Å². The van der Waals surface area contributed by atoms with E-state index in [2.05, 4.69) is 0 Å². The van der Waals surface area contributed by atoms with Crippen molar-refractivity contribution >= 4 is 35.2 Å². The average Bonchev–Trinajstić information content (AvgIpc) is 3.31. The summed E-state index contributed by atoms with van der Waals surface area (Å²) in [4.78, 5) is 59.2. The van der Waals surface area contributed by atoms with Crippen LogP contribution >= 0.6 is 11.6 Å². The van der Waals surface area contributed by atoms with Gasteiger partial charge in [-0.3, -0.25) is 24.1 Å². The van der Waals surface area contributed by atoms with E-state index in [1.165, 1.54) is 6.92 Å². The second-order valence-electron chi connectivity index (χ2n) is 9.92. The topological polar surface area (TPSA) is 90.5 Å². The lowest BCUT2D eigenvalue weighted by Crippen LogP contribution is -2.61. The molecule has 3 saturated heterocycles. The minimum absolute atomic E-state index is 0.0146. The van der Waals surface area contributed by atoms with Gasteiger partial charge in [0, 0.05) is 64.6 Å². The van der Waals surface area contributed by atoms with E-state index in [1.54, 1.807) is 68.1 Å². The van der Waals surface area contributed by atoms with E-state index in [9.17, 15) is 19.2 Å². The van der Waals surface area contributed by atoms with Crippen molar-refractivity contribution in [1.82, 2.24) is 19.6 Å². The van der Waals surface area contributed by atoms with Gasteiger partial charge >= 0.3 is 0 Å². The van der Waals surface area contributed by atoms with Crippen molar-refractivity contribution in [3.05, 3.63) is 70.7 Å². The third-order valence-electron chi connectivity index (χ3n) is 7.76. The van der Waals surface area contributed by atoms with E-state index in [4.69, 9.17) is 16.3 Å². The van der Waals surface area contributed by atoms with Crippen LogP contribution < -0.4 is 0 Å². The average molecular weight is 539 g/mol. The molecule has 5 rings (SSSR count). The number of amides is 4. The SMILES string of the molecule is CC(=O)N1CCN(C(=O)[C@H]2COC3(CCN(C(=O)c4ccccc4Cl)CC3)N2C(=O)c2ccccc2)CC1. The summed E-state index contributed by atoms with van der Waals surface area (Å²) in [6, 6.07) is 15.0. The lowest BCUT2D eigenvalue weighted by Gasteiger charge is -2.45. The molecule has 3 heterocycles. The minimum atomic E-state index is -0.994. The molecule has 0 bridgehead atoms. The molecular weight excluding hydrogens is 508 g/mol. The molecule has 38 heavy (non-hydrogen) atoms. The molecule has 1 spiro atoms. The number of carbonyl (C=O) groups excluding carboxylic acids is 4. The van der Waals surface area contributed by atoms with Crippen molar-refractivity contribution in [1.29, 1.82) is 0 Å². The summed E-state index contributed by atoms with van der Waals surface area (Å²) in [5, 5.41) is 0.395. The highest BCUT2D eigenvalue weighted by molar-refractivity contribution is 6.33. The summed E-state index contributed by atoms with van der Waals surface area (Å²) in [6.45, 7) is 4.08. The van der Waals surface area contributed by atoms with Crippen LogP contribution in [0.4, 0.5) is 0 Å². The monoisotopic (exact) mass is 538 g/mol. The molecule has 0 saturated carbocycles. The van der Waals surface area contributed by atoms with E-state index in [0.29, 0.717) is 68.3 Å². The second-order valence-corrected chi connectivity index (χ2v) is 10.3. The van der Waals surface area contributed by atoms with Crippen LogP contribution in [0.15, 0.2) is 54.6 Å². The molecule has 1 atom stereocenters. The van der Waals surface area contributed by atoms with E-state index in [-0.39, 0.29) is 30.2 Å². The molecule has 9 nitrogen and oxygen atoms in total. The number of piperidine rings is 1. The number of carbonyl (C=O) groups is 4. The van der Waals surface area contributed by atoms with Crippen LogP contribution in [0.5, 0.6) is 0 Å². The zero-order valence-electron chi connectivity index (χ0n) is 21.3. The van der Waals surface area contributed by atoms with Gasteiger partial charge < -0.3 is 19.4 Å². The van der Waals surface area contributed by atoms with Crippen molar-refractivity contribution in [2.75, 3.05) is 45.9 Å². The van der Waals surface area contributed by atoms with E-state index >= 15 is 0 Å². The second kappa shape index (κ2) is 10.7. The van der Waals surface area contributed by atoms with Gasteiger partial charge in [-0.15, -0.1) is 0 Å². The Bertz CT molecular complexity index is 1220. The zero-order valence-corrected chi connectivity index (χ0v) is 22.1. The zero-order chi connectivity index (χ0) is 26.9. The third-order valence-corrected chi connectivity index (χ3v) is 8.09. The van der Waals surface area contributed by atoms with Gasteiger partial charge in [0.15, 0.2) is 0 Å². The highest BCUT2D eigenvalue weighted by atomic mass is 35.5. The van der Waals surface area contributed by atoms with Crippen LogP contribution in [0.1, 0.15) is 40.5 Å². The molecule has 3 aliphatic rings. The van der Waals surface area contributed by atoms with E-state index in [1.807, 2.05) is 6.07 Å². The smallest absolute Gasteiger partial charge is 0.256 e. The summed E-state index contributed by atoms with van der Waals surface area (Å²) in [6.07, 6.45) is 0.757. The minimum Gasteiger partial charge on any atom is -0.353 e. The maximum absolute atomic E-state index is 13.9. The Morgan fingerprint density at radius 3 is 2.03 bits per heavy atom. The predicted octanol–water partition coefficient (Wildman–Crippen LogP) is 2.50. The quantitative estimate of drug-likeness (QED) is 0.599. The molecule has 2 aromatic carbocycles. The number of rotatable bonds is 3. The third kappa shape index (κ3) is 4.88. The normalized spacial score (nSPS) is 21.1. The summed E-state index contributed by atoms with van der Waals surface area (Å²) in [7, 11) is 0. The van der Waals surface area contributed by atoms with E-state index in [0.717, 1.165) is 0 Å². The fourth-order valence-electron chi connectivity index (χ4n) is 5.59. The largest absolute Gasteiger partial charge is 0.353 e. The molecule has 0 aliphatic carbocycles. The first-order valence-electron chi connectivity index (χ1n) is 12.9. The number of hydrogen-bond acceptors (Lipinski definition) is 5. The molecule has 10 heteroatoms. The van der Waals surface area contributed by atoms with Gasteiger partial charge in [0.05, 0.1) is 17.2 Å². The maximum atomic E-state index is 13.9. The van der Waals surface area contributed by atoms with Crippen molar-refractivity contribution < 1.29 is 23.9 Å². The number of ether oxygens (including phenoxy) is 1. The number of halogens is 1. The van der Waals surface area contributed by atoms with Gasteiger partial charge in [0.1, 0.15) is 11.8 Å². The van der Waals surface area contributed by atoms with Crippen molar-refractivity contribution in [3.63, 3.8) is 0 Å². The predicted molar refractivity (Wildman–Crippen MR) is 141 cm³/mol. The Labute approximate surface area is 226 Å². The summed E-state index contributed by atoms with van der Waals surface area (Å²) in [5.74, 6) is -0.627. The van der Waals surface area contributed by atoms with Crippen LogP contribution in [-0.2, 0) is 14.3 Å². The summed E-state index contributed by atoms with van der Waals surface area (Å²) >= 11 is 6.26. The van der Waals surface area contributed by atoms with Gasteiger partial charge in [0.2, 0.25) is 11.8 Å². The lowest BCUT2D eigenvalue weighted by molar-refractivity contribution is -0.142. The molecule has 0 aromatic heterocycles. The van der Waals surface area contributed by atoms with Crippen LogP contribution in [-0.4, -0.2) is 101 Å². The first-order valence-corrected chi connectivity index (χ1v) is 13.3. The Morgan fingerprint density at radius 1 is 0.789 bits per heavy atom. The molecule has 3 fully saturated rings. The fourth-order valence-corrected chi connectivity index (χ4v) is 5.81. The van der Waals surface area contributed by atoms with Gasteiger partial charge in [0.25, 0.3) is 11.8 Å². The lowest BCUT2D eigenvalue weighted by atomic mass is 9.96. The number of piperazine rings is 1. The molecule has 4 amide bonds. The van der Waals surface area contributed by atoms with Gasteiger partial charge in [-0.05, 0) is 24.3 Å². The van der Waals surface area contributed by atoms with Crippen molar-refractivity contribution in [2.45, 2.75) is 31.5 Å². The fraction of sp³-hybridized carbons (Fsp3) is 0.429. The molecule has 0 radical (unpaired) electrons. The highest BCUT2D eigenvalue weighted by Gasteiger charge is 2.55. The van der Waals surface area contributed by atoms with Crippen LogP contribution in [0.2, 0.25) is 5.02 Å². The Morgan fingerprint density at radius 2 is 1.39 bits per heavy atom. The number of benzene rings is 2. The summed E-state index contributed by atoms with van der Waals surface area (Å²) in [5.41, 5.74) is -0.0790. The maximum Gasteiger partial charge on any atom is 0.256 e. The Kier molecular flexibility index (Phi) is 7.40. The van der Waals surface area contributed by atoms with Gasteiger partial charge in [-0.1, -0.05) is 41.9 Å². The molecular formula is C28H31ClN4O5. The molecule has 2 aromatic rings. The molecule has 200 valence electrons. The molecule has 3 aliphatic heterocycles. The Balaban J connectivity index is 1.37. The van der Waals surface area contributed by atoms with Gasteiger partial charge in [-0.2, -0.15) is 0 Å². The van der Waals surface area contributed by atoms with Crippen LogP contribution in [0.25, 0.3) is 0 Å². The Hall–Kier alpha value is -3.43. The molecule has 0 N–H and O–H groups in total. The summed E-state index contributed by atoms with van der Waals surface area (Å²) < 4.78 is 6.31. The first-order chi connectivity index (χ1) is 18.3.